The number of rotatable bonds is 2. The van der Waals surface area contributed by atoms with Crippen LogP contribution in [0.3, 0.4) is 0 Å². The summed E-state index contributed by atoms with van der Waals surface area (Å²) in [5.74, 6) is 0.0766. The lowest BCUT2D eigenvalue weighted by Gasteiger charge is -2.13. The van der Waals surface area contributed by atoms with E-state index in [2.05, 4.69) is 0 Å². The van der Waals surface area contributed by atoms with Crippen LogP contribution in [-0.4, -0.2) is 15.2 Å². The highest BCUT2D eigenvalue weighted by Gasteiger charge is 2.27. The Morgan fingerprint density at radius 3 is 2.39 bits per heavy atom. The van der Waals surface area contributed by atoms with Crippen LogP contribution in [0.25, 0.3) is 33.6 Å². The minimum atomic E-state index is -0.305. The minimum absolute atomic E-state index is 0.185. The molecule has 28 heavy (non-hydrogen) atoms. The van der Waals surface area contributed by atoms with Crippen molar-refractivity contribution in [2.24, 2.45) is 0 Å². The van der Waals surface area contributed by atoms with Crippen molar-refractivity contribution < 1.29 is 14.6 Å². The summed E-state index contributed by atoms with van der Waals surface area (Å²) in [5.41, 5.74) is 6.78. The number of benzene rings is 3. The van der Waals surface area contributed by atoms with Gasteiger partial charge in [0, 0.05) is 17.5 Å². The van der Waals surface area contributed by atoms with Gasteiger partial charge in [0.15, 0.2) is 0 Å². The molecular weight excluding hydrogens is 353 g/mol. The average molecular weight is 369 g/mol. The Bertz CT molecular complexity index is 1220. The highest BCUT2D eigenvalue weighted by atomic mass is 19.1. The molecule has 0 saturated heterocycles. The third-order valence-corrected chi connectivity index (χ3v) is 5.15. The van der Waals surface area contributed by atoms with Gasteiger partial charge in [0.25, 0.3) is 0 Å². The van der Waals surface area contributed by atoms with Gasteiger partial charge in [-0.1, -0.05) is 24.3 Å². The molecule has 0 atom stereocenters. The van der Waals surface area contributed by atoms with Gasteiger partial charge in [0.1, 0.15) is 17.3 Å². The lowest BCUT2D eigenvalue weighted by Crippen LogP contribution is -1.94. The molecule has 0 radical (unpaired) electrons. The zero-order chi connectivity index (χ0) is 19.3. The van der Waals surface area contributed by atoms with Crippen LogP contribution in [-0.2, 0) is 6.42 Å². The lowest BCUT2D eigenvalue weighted by molar-refractivity contribution is 0.475. The van der Waals surface area contributed by atoms with Gasteiger partial charge in [-0.2, -0.15) is 0 Å². The number of aromatic nitrogens is 1. The second-order valence-electron chi connectivity index (χ2n) is 6.93. The van der Waals surface area contributed by atoms with Crippen LogP contribution >= 0.6 is 0 Å². The van der Waals surface area contributed by atoms with E-state index < -0.39 is 0 Å². The van der Waals surface area contributed by atoms with Crippen molar-refractivity contribution in [3.63, 3.8) is 0 Å². The molecule has 0 spiro atoms. The van der Waals surface area contributed by atoms with E-state index in [1.165, 1.54) is 12.1 Å². The minimum Gasteiger partial charge on any atom is -0.508 e. The van der Waals surface area contributed by atoms with E-state index in [1.807, 2.05) is 24.3 Å². The highest BCUT2D eigenvalue weighted by molar-refractivity contribution is 5.88. The number of hydrogen-bond acceptors (Lipinski definition) is 3. The molecule has 3 aromatic carbocycles. The van der Waals surface area contributed by atoms with Crippen molar-refractivity contribution >= 4 is 0 Å². The number of pyridine rings is 1. The van der Waals surface area contributed by atoms with E-state index in [1.54, 1.807) is 36.4 Å². The maximum atomic E-state index is 13.4. The number of hydrogen-bond donors (Lipinski definition) is 2. The molecule has 5 rings (SSSR count). The molecular formula is C24H16FNO2. The van der Waals surface area contributed by atoms with Crippen LogP contribution in [0, 0.1) is 5.82 Å². The van der Waals surface area contributed by atoms with E-state index in [0.717, 1.165) is 39.1 Å². The van der Waals surface area contributed by atoms with Crippen molar-refractivity contribution in [1.29, 1.82) is 0 Å². The molecule has 136 valence electrons. The zero-order valence-corrected chi connectivity index (χ0v) is 14.9. The molecule has 2 N–H and O–H groups in total. The van der Waals surface area contributed by atoms with Crippen molar-refractivity contribution in [1.82, 2.24) is 4.98 Å². The average Bonchev–Trinajstić information content (AvgIpc) is 3.07. The number of fused-ring (bicyclic) bond motifs is 3. The maximum Gasteiger partial charge on any atom is 0.125 e. The van der Waals surface area contributed by atoms with E-state index >= 15 is 0 Å². The molecule has 1 aliphatic carbocycles. The van der Waals surface area contributed by atoms with Crippen molar-refractivity contribution in [2.45, 2.75) is 6.42 Å². The highest BCUT2D eigenvalue weighted by Crippen LogP contribution is 2.46. The fourth-order valence-electron chi connectivity index (χ4n) is 3.85. The van der Waals surface area contributed by atoms with Gasteiger partial charge in [-0.25, -0.2) is 9.37 Å². The Morgan fingerprint density at radius 2 is 1.61 bits per heavy atom. The Morgan fingerprint density at radius 1 is 0.821 bits per heavy atom. The fraction of sp³-hybridized carbons (Fsp3) is 0.0417. The van der Waals surface area contributed by atoms with Gasteiger partial charge in [0.05, 0.1) is 11.4 Å². The summed E-state index contributed by atoms with van der Waals surface area (Å²) in [4.78, 5) is 4.82. The molecule has 1 aromatic heterocycles. The number of phenolic OH excluding ortho intramolecular Hbond substituents is 2. The number of phenols is 2. The summed E-state index contributed by atoms with van der Waals surface area (Å²) in [6, 6.07) is 20.7. The van der Waals surface area contributed by atoms with Crippen molar-refractivity contribution in [3.8, 4) is 45.1 Å². The van der Waals surface area contributed by atoms with Gasteiger partial charge in [-0.3, -0.25) is 0 Å². The Labute approximate surface area is 161 Å². The van der Waals surface area contributed by atoms with E-state index in [9.17, 15) is 14.6 Å². The Kier molecular flexibility index (Phi) is 3.66. The third-order valence-electron chi connectivity index (χ3n) is 5.15. The quantitative estimate of drug-likeness (QED) is 0.430. The summed E-state index contributed by atoms with van der Waals surface area (Å²) in [5, 5.41) is 20.4. The molecule has 1 aliphatic rings. The molecule has 3 nitrogen and oxygen atoms in total. The van der Waals surface area contributed by atoms with Gasteiger partial charge < -0.3 is 10.2 Å². The molecule has 0 bridgehead atoms. The van der Waals surface area contributed by atoms with Crippen LogP contribution in [0.15, 0.2) is 72.8 Å². The molecule has 4 heteroatoms. The molecule has 0 unspecified atom stereocenters. The van der Waals surface area contributed by atoms with E-state index in [4.69, 9.17) is 4.98 Å². The van der Waals surface area contributed by atoms with Gasteiger partial charge in [0.2, 0.25) is 0 Å². The predicted molar refractivity (Wildman–Crippen MR) is 107 cm³/mol. The van der Waals surface area contributed by atoms with Gasteiger partial charge in [-0.05, 0) is 70.8 Å². The summed E-state index contributed by atoms with van der Waals surface area (Å²) < 4.78 is 13.4. The van der Waals surface area contributed by atoms with Gasteiger partial charge in [-0.15, -0.1) is 0 Å². The molecule has 4 aromatic rings. The lowest BCUT2D eigenvalue weighted by atomic mass is 9.96. The maximum absolute atomic E-state index is 13.4. The Hall–Kier alpha value is -3.66. The first-order chi connectivity index (χ1) is 13.6. The first-order valence-electron chi connectivity index (χ1n) is 9.00. The second-order valence-corrected chi connectivity index (χ2v) is 6.93. The van der Waals surface area contributed by atoms with Crippen molar-refractivity contribution in [3.05, 3.63) is 89.7 Å². The number of aromatic hydroxyl groups is 2. The normalized spacial score (nSPS) is 11.9. The zero-order valence-electron chi connectivity index (χ0n) is 14.9. The predicted octanol–water partition coefficient (Wildman–Crippen LogP) is 5.54. The van der Waals surface area contributed by atoms with Gasteiger partial charge >= 0.3 is 0 Å². The van der Waals surface area contributed by atoms with Crippen LogP contribution in [0.4, 0.5) is 4.39 Å². The second kappa shape index (κ2) is 6.20. The number of nitrogens with zero attached hydrogens (tertiary/aromatic N) is 1. The molecule has 0 amide bonds. The van der Waals surface area contributed by atoms with E-state index in [-0.39, 0.29) is 17.3 Å². The van der Waals surface area contributed by atoms with Crippen LogP contribution < -0.4 is 0 Å². The summed E-state index contributed by atoms with van der Waals surface area (Å²) >= 11 is 0. The first-order valence-corrected chi connectivity index (χ1v) is 9.00. The number of halogens is 1. The molecule has 1 heterocycles. The summed E-state index contributed by atoms with van der Waals surface area (Å²) in [6.45, 7) is 0. The molecule has 0 fully saturated rings. The Balaban J connectivity index is 1.80. The fourth-order valence-corrected chi connectivity index (χ4v) is 3.85. The van der Waals surface area contributed by atoms with Crippen LogP contribution in [0.5, 0.6) is 11.5 Å². The summed E-state index contributed by atoms with van der Waals surface area (Å²) in [7, 11) is 0. The van der Waals surface area contributed by atoms with Crippen molar-refractivity contribution in [2.75, 3.05) is 0 Å². The monoisotopic (exact) mass is 369 g/mol. The smallest absolute Gasteiger partial charge is 0.125 e. The third kappa shape index (κ3) is 2.62. The first kappa shape index (κ1) is 16.5. The molecule has 0 saturated carbocycles. The molecule has 0 aliphatic heterocycles. The summed E-state index contributed by atoms with van der Waals surface area (Å²) in [6.07, 6.45) is 0.654. The van der Waals surface area contributed by atoms with E-state index in [0.29, 0.717) is 12.1 Å². The SMILES string of the molecule is Oc1cccc(-c2cc(-c3ccc(F)cc3)nc3c2Cc2cccc(O)c2-3)c1. The van der Waals surface area contributed by atoms with Crippen LogP contribution in [0.2, 0.25) is 0 Å². The van der Waals surface area contributed by atoms with Crippen LogP contribution in [0.1, 0.15) is 11.1 Å². The topological polar surface area (TPSA) is 53.4 Å². The largest absolute Gasteiger partial charge is 0.508 e. The standard InChI is InChI=1S/C24H16FNO2/c25-17-9-7-14(8-10-17)21-13-19(15-3-1-5-18(27)11-15)20-12-16-4-2-6-22(28)23(16)24(20)26-21/h1-11,13,27-28H,12H2.